The molecule has 0 unspecified atom stereocenters. The molecule has 0 bridgehead atoms. The monoisotopic (exact) mass is 214 g/mol. The van der Waals surface area contributed by atoms with Crippen LogP contribution in [0, 0.1) is 5.92 Å². The molecule has 0 aromatic carbocycles. The summed E-state index contributed by atoms with van der Waals surface area (Å²) in [4.78, 5) is 0. The molecule has 14 heavy (non-hydrogen) atoms. The molecule has 1 rings (SSSR count). The van der Waals surface area contributed by atoms with Crippen molar-refractivity contribution in [1.82, 2.24) is 0 Å². The summed E-state index contributed by atoms with van der Waals surface area (Å²) in [5, 5.41) is 0. The number of rotatable bonds is 5. The molecule has 0 radical (unpaired) electrons. The minimum Gasteiger partial charge on any atom is -0.107 e. The van der Waals surface area contributed by atoms with Crippen LogP contribution in [-0.2, 0) is 0 Å². The topological polar surface area (TPSA) is 0 Å². The van der Waals surface area contributed by atoms with Gasteiger partial charge in [0.05, 0.1) is 0 Å². The second-order valence-corrected chi connectivity index (χ2v) is 7.83. The number of hydrogen-bond donors (Lipinski definition) is 0. The van der Waals surface area contributed by atoms with E-state index in [1.54, 1.807) is 18.5 Å². The van der Waals surface area contributed by atoms with Crippen molar-refractivity contribution in [3.05, 3.63) is 0 Å². The SMILES string of the molecule is CC(C)CCCCP1CCCCCC1. The molecule has 84 valence electrons. The fourth-order valence-electron chi connectivity index (χ4n) is 2.25. The van der Waals surface area contributed by atoms with Crippen molar-refractivity contribution >= 4 is 7.92 Å². The summed E-state index contributed by atoms with van der Waals surface area (Å²) >= 11 is 0. The van der Waals surface area contributed by atoms with Crippen LogP contribution in [-0.4, -0.2) is 18.5 Å². The van der Waals surface area contributed by atoms with Crippen molar-refractivity contribution in [1.29, 1.82) is 0 Å². The predicted molar refractivity (Wildman–Crippen MR) is 68.7 cm³/mol. The Morgan fingerprint density at radius 3 is 2.14 bits per heavy atom. The molecule has 0 saturated carbocycles. The molecular formula is C13H27P. The summed E-state index contributed by atoms with van der Waals surface area (Å²) in [6.45, 7) is 4.69. The fraction of sp³-hybridized carbons (Fsp3) is 1.00. The molecule has 1 aliphatic rings. The molecule has 1 fully saturated rings. The van der Waals surface area contributed by atoms with E-state index >= 15 is 0 Å². The van der Waals surface area contributed by atoms with Gasteiger partial charge in [-0.25, -0.2) is 0 Å². The van der Waals surface area contributed by atoms with Crippen molar-refractivity contribution in [3.63, 3.8) is 0 Å². The molecule has 1 aliphatic heterocycles. The highest BCUT2D eigenvalue weighted by atomic mass is 31.1. The lowest BCUT2D eigenvalue weighted by Gasteiger charge is -2.14. The van der Waals surface area contributed by atoms with Crippen molar-refractivity contribution < 1.29 is 0 Å². The Labute approximate surface area is 91.6 Å². The third kappa shape index (κ3) is 6.02. The van der Waals surface area contributed by atoms with E-state index in [0.29, 0.717) is 7.92 Å². The van der Waals surface area contributed by atoms with Crippen LogP contribution in [0.4, 0.5) is 0 Å². The van der Waals surface area contributed by atoms with Crippen LogP contribution in [0.2, 0.25) is 0 Å². The summed E-state index contributed by atoms with van der Waals surface area (Å²) in [6.07, 6.45) is 15.3. The molecule has 0 spiro atoms. The highest BCUT2D eigenvalue weighted by Crippen LogP contribution is 2.41. The molecule has 1 heteroatoms. The standard InChI is InChI=1S/C13H27P/c1-13(2)9-5-8-12-14-10-6-3-4-7-11-14/h13H,3-12H2,1-2H3. The van der Waals surface area contributed by atoms with Gasteiger partial charge < -0.3 is 0 Å². The molecule has 0 amide bonds. The van der Waals surface area contributed by atoms with Gasteiger partial charge in [0.1, 0.15) is 0 Å². The number of unbranched alkanes of at least 4 members (excludes halogenated alkanes) is 1. The van der Waals surface area contributed by atoms with E-state index in [2.05, 4.69) is 13.8 Å². The van der Waals surface area contributed by atoms with E-state index in [0.717, 1.165) is 5.92 Å². The zero-order valence-electron chi connectivity index (χ0n) is 10.1. The Morgan fingerprint density at radius 2 is 1.57 bits per heavy atom. The average molecular weight is 214 g/mol. The van der Waals surface area contributed by atoms with Gasteiger partial charge >= 0.3 is 0 Å². The predicted octanol–water partition coefficient (Wildman–Crippen LogP) is 4.87. The van der Waals surface area contributed by atoms with Gasteiger partial charge in [0.15, 0.2) is 0 Å². The van der Waals surface area contributed by atoms with Crippen LogP contribution >= 0.6 is 7.92 Å². The van der Waals surface area contributed by atoms with Gasteiger partial charge in [-0.15, -0.1) is 7.92 Å². The van der Waals surface area contributed by atoms with Gasteiger partial charge in [0, 0.05) is 0 Å². The fourth-order valence-corrected chi connectivity index (χ4v) is 4.93. The van der Waals surface area contributed by atoms with Crippen LogP contribution in [0.25, 0.3) is 0 Å². The largest absolute Gasteiger partial charge is 0.107 e. The first kappa shape index (κ1) is 12.5. The molecule has 1 saturated heterocycles. The minimum atomic E-state index is 0.471. The third-order valence-electron chi connectivity index (χ3n) is 3.20. The zero-order valence-corrected chi connectivity index (χ0v) is 11.0. The summed E-state index contributed by atoms with van der Waals surface area (Å²) in [5.74, 6) is 0.914. The Kier molecular flexibility index (Phi) is 6.86. The molecule has 0 nitrogen and oxygen atoms in total. The Bertz CT molecular complexity index is 123. The van der Waals surface area contributed by atoms with Crippen molar-refractivity contribution in [3.8, 4) is 0 Å². The molecule has 0 aliphatic carbocycles. The van der Waals surface area contributed by atoms with Crippen molar-refractivity contribution in [2.24, 2.45) is 5.92 Å². The lowest BCUT2D eigenvalue weighted by molar-refractivity contribution is 0.551. The molecule has 0 atom stereocenters. The lowest BCUT2D eigenvalue weighted by atomic mass is 10.1. The van der Waals surface area contributed by atoms with Gasteiger partial charge in [0.25, 0.3) is 0 Å². The Morgan fingerprint density at radius 1 is 0.929 bits per heavy atom. The summed E-state index contributed by atoms with van der Waals surface area (Å²) in [6, 6.07) is 0. The maximum atomic E-state index is 2.34. The third-order valence-corrected chi connectivity index (χ3v) is 6.05. The van der Waals surface area contributed by atoms with Crippen LogP contribution in [0.5, 0.6) is 0 Å². The zero-order chi connectivity index (χ0) is 10.2. The van der Waals surface area contributed by atoms with Gasteiger partial charge in [-0.3, -0.25) is 0 Å². The average Bonchev–Trinajstić information content (AvgIpc) is 2.40. The van der Waals surface area contributed by atoms with E-state index < -0.39 is 0 Å². The van der Waals surface area contributed by atoms with Gasteiger partial charge in [-0.2, -0.15) is 0 Å². The maximum Gasteiger partial charge on any atom is -0.0326 e. The summed E-state index contributed by atoms with van der Waals surface area (Å²) in [7, 11) is 0.471. The second kappa shape index (κ2) is 7.69. The Balaban J connectivity index is 1.99. The van der Waals surface area contributed by atoms with E-state index in [1.807, 2.05) is 0 Å². The Hall–Kier alpha value is 0.430. The van der Waals surface area contributed by atoms with Crippen molar-refractivity contribution in [2.75, 3.05) is 18.5 Å². The van der Waals surface area contributed by atoms with Crippen LogP contribution < -0.4 is 0 Å². The summed E-state index contributed by atoms with van der Waals surface area (Å²) in [5.41, 5.74) is 0. The quantitative estimate of drug-likeness (QED) is 0.452. The van der Waals surface area contributed by atoms with E-state index in [-0.39, 0.29) is 0 Å². The normalized spacial score (nSPS) is 19.9. The first-order valence-electron chi connectivity index (χ1n) is 6.51. The maximum absolute atomic E-state index is 2.34. The molecule has 1 heterocycles. The van der Waals surface area contributed by atoms with Gasteiger partial charge in [0.2, 0.25) is 0 Å². The molecule has 0 aromatic rings. The first-order chi connectivity index (χ1) is 6.79. The van der Waals surface area contributed by atoms with Gasteiger partial charge in [-0.1, -0.05) is 39.5 Å². The van der Waals surface area contributed by atoms with E-state index in [1.165, 1.54) is 44.9 Å². The highest BCUT2D eigenvalue weighted by molar-refractivity contribution is 7.57. The molecule has 0 aromatic heterocycles. The molecular weight excluding hydrogens is 187 g/mol. The summed E-state index contributed by atoms with van der Waals surface area (Å²) < 4.78 is 0. The number of hydrogen-bond acceptors (Lipinski definition) is 0. The molecule has 0 N–H and O–H groups in total. The first-order valence-corrected chi connectivity index (χ1v) is 8.41. The second-order valence-electron chi connectivity index (χ2n) is 5.15. The smallest absolute Gasteiger partial charge is 0.0326 e. The van der Waals surface area contributed by atoms with Crippen LogP contribution in [0.15, 0.2) is 0 Å². The minimum absolute atomic E-state index is 0.471. The lowest BCUT2D eigenvalue weighted by Crippen LogP contribution is -1.94. The van der Waals surface area contributed by atoms with E-state index in [9.17, 15) is 0 Å². The van der Waals surface area contributed by atoms with Crippen LogP contribution in [0.3, 0.4) is 0 Å². The highest BCUT2D eigenvalue weighted by Gasteiger charge is 2.10. The van der Waals surface area contributed by atoms with Crippen LogP contribution in [0.1, 0.15) is 58.8 Å². The van der Waals surface area contributed by atoms with Gasteiger partial charge in [-0.05, 0) is 43.7 Å². The van der Waals surface area contributed by atoms with E-state index in [4.69, 9.17) is 0 Å². The van der Waals surface area contributed by atoms with Crippen molar-refractivity contribution in [2.45, 2.75) is 58.8 Å².